The van der Waals surface area contributed by atoms with Crippen molar-refractivity contribution in [1.82, 2.24) is 30.5 Å². The van der Waals surface area contributed by atoms with Crippen LogP contribution in [0.4, 0.5) is 5.82 Å². The summed E-state index contributed by atoms with van der Waals surface area (Å²) in [4.78, 5) is 13.5. The Balaban J connectivity index is 0.00000169. The van der Waals surface area contributed by atoms with E-state index in [1.807, 2.05) is 12.3 Å². The number of ether oxygens (including phenoxy) is 1. The predicted octanol–water partition coefficient (Wildman–Crippen LogP) is 1.24. The van der Waals surface area contributed by atoms with Gasteiger partial charge in [0.2, 0.25) is 0 Å². The van der Waals surface area contributed by atoms with Crippen molar-refractivity contribution in [2.75, 3.05) is 31.6 Å². The van der Waals surface area contributed by atoms with Crippen LogP contribution in [0, 0.1) is 0 Å². The van der Waals surface area contributed by atoms with Crippen LogP contribution in [0.3, 0.4) is 0 Å². The van der Waals surface area contributed by atoms with Gasteiger partial charge in [-0.15, -0.1) is 12.4 Å². The lowest BCUT2D eigenvalue weighted by atomic mass is 10.2. The van der Waals surface area contributed by atoms with Crippen LogP contribution in [0.2, 0.25) is 0 Å². The fourth-order valence-electron chi connectivity index (χ4n) is 2.60. The first-order valence-electron chi connectivity index (χ1n) is 7.57. The van der Waals surface area contributed by atoms with Crippen molar-refractivity contribution in [1.29, 1.82) is 0 Å². The predicted molar refractivity (Wildman–Crippen MR) is 93.3 cm³/mol. The Bertz CT molecular complexity index is 790. The maximum absolute atomic E-state index is 5.71. The maximum Gasteiger partial charge on any atom is 0.154 e. The molecule has 1 saturated heterocycles. The minimum Gasteiger partial charge on any atom is -0.374 e. The minimum absolute atomic E-state index is 0. The lowest BCUT2D eigenvalue weighted by Crippen LogP contribution is -2.42. The Labute approximate surface area is 144 Å². The minimum atomic E-state index is 0. The van der Waals surface area contributed by atoms with Gasteiger partial charge in [-0.1, -0.05) is 0 Å². The molecule has 0 radical (unpaired) electrons. The molecular formula is C15H18ClN7O. The lowest BCUT2D eigenvalue weighted by Gasteiger charge is -2.24. The number of nitrogens with zero attached hydrogens (tertiary/aromatic N) is 4. The van der Waals surface area contributed by atoms with E-state index in [-0.39, 0.29) is 18.5 Å². The molecular weight excluding hydrogens is 330 g/mol. The van der Waals surface area contributed by atoms with Crippen LogP contribution in [0.25, 0.3) is 22.3 Å². The topological polar surface area (TPSA) is 101 Å². The highest BCUT2D eigenvalue weighted by atomic mass is 35.5. The lowest BCUT2D eigenvalue weighted by molar-refractivity contribution is 0.0372. The summed E-state index contributed by atoms with van der Waals surface area (Å²) in [6.07, 6.45) is 7.02. The van der Waals surface area contributed by atoms with Gasteiger partial charge in [-0.25, -0.2) is 9.97 Å². The Kier molecular flexibility index (Phi) is 5.19. The van der Waals surface area contributed by atoms with Crippen molar-refractivity contribution in [2.45, 2.75) is 6.10 Å². The van der Waals surface area contributed by atoms with E-state index >= 15 is 0 Å². The SMILES string of the molecule is Cl.c1cnc2c(NCC3CNCCO3)nc(-c3cn[nH]c3)cc2n1. The standard InChI is InChI=1S/C15H17N7O.ClH/c1-2-18-14-13(17-1)5-12(10-6-20-21-7-10)22-15(14)19-9-11-8-16-3-4-23-11;/h1-2,5-7,11,16H,3-4,8-9H2,(H,19,22)(H,20,21);1H. The number of rotatable bonds is 4. The number of fused-ring (bicyclic) bond motifs is 1. The third-order valence-electron chi connectivity index (χ3n) is 3.75. The second-order valence-corrected chi connectivity index (χ2v) is 5.34. The van der Waals surface area contributed by atoms with Gasteiger partial charge in [0.25, 0.3) is 0 Å². The molecule has 1 aliphatic heterocycles. The van der Waals surface area contributed by atoms with Crippen LogP contribution in [-0.2, 0) is 4.74 Å². The van der Waals surface area contributed by atoms with E-state index in [1.165, 1.54) is 0 Å². The molecule has 3 aromatic heterocycles. The highest BCUT2D eigenvalue weighted by Gasteiger charge is 2.15. The van der Waals surface area contributed by atoms with E-state index in [1.54, 1.807) is 18.6 Å². The van der Waals surface area contributed by atoms with Crippen LogP contribution < -0.4 is 10.6 Å². The molecule has 9 heteroatoms. The van der Waals surface area contributed by atoms with Crippen LogP contribution in [-0.4, -0.2) is 57.5 Å². The van der Waals surface area contributed by atoms with E-state index in [4.69, 9.17) is 4.74 Å². The number of anilines is 1. The Hall–Kier alpha value is -2.29. The fourth-order valence-corrected chi connectivity index (χ4v) is 2.60. The van der Waals surface area contributed by atoms with E-state index in [0.29, 0.717) is 12.4 Å². The quantitative estimate of drug-likeness (QED) is 0.652. The first-order valence-corrected chi connectivity index (χ1v) is 7.57. The summed E-state index contributed by atoms with van der Waals surface area (Å²) in [7, 11) is 0. The number of hydrogen-bond donors (Lipinski definition) is 3. The third kappa shape index (κ3) is 3.45. The average Bonchev–Trinajstić information content (AvgIpc) is 3.15. The summed E-state index contributed by atoms with van der Waals surface area (Å²) >= 11 is 0. The van der Waals surface area contributed by atoms with Gasteiger partial charge in [0, 0.05) is 43.8 Å². The molecule has 0 aromatic carbocycles. The van der Waals surface area contributed by atoms with Crippen molar-refractivity contribution in [2.24, 2.45) is 0 Å². The fraction of sp³-hybridized carbons (Fsp3) is 0.333. The number of H-pyrrole nitrogens is 1. The molecule has 1 fully saturated rings. The molecule has 4 rings (SSSR count). The molecule has 0 spiro atoms. The monoisotopic (exact) mass is 347 g/mol. The summed E-state index contributed by atoms with van der Waals surface area (Å²) in [5.74, 6) is 0.709. The van der Waals surface area contributed by atoms with Crippen LogP contribution in [0.1, 0.15) is 0 Å². The van der Waals surface area contributed by atoms with Gasteiger partial charge in [0.15, 0.2) is 5.82 Å². The smallest absolute Gasteiger partial charge is 0.154 e. The summed E-state index contributed by atoms with van der Waals surface area (Å²) < 4.78 is 5.71. The molecule has 4 heterocycles. The first-order chi connectivity index (χ1) is 11.4. The van der Waals surface area contributed by atoms with Gasteiger partial charge >= 0.3 is 0 Å². The van der Waals surface area contributed by atoms with Crippen molar-refractivity contribution >= 4 is 29.3 Å². The van der Waals surface area contributed by atoms with E-state index < -0.39 is 0 Å². The zero-order valence-electron chi connectivity index (χ0n) is 12.9. The van der Waals surface area contributed by atoms with Crippen molar-refractivity contribution in [3.05, 3.63) is 30.9 Å². The highest BCUT2D eigenvalue weighted by molar-refractivity contribution is 5.88. The van der Waals surface area contributed by atoms with Gasteiger partial charge in [-0.3, -0.25) is 10.1 Å². The molecule has 0 saturated carbocycles. The second-order valence-electron chi connectivity index (χ2n) is 5.34. The molecule has 0 bridgehead atoms. The Morgan fingerprint density at radius 3 is 3.00 bits per heavy atom. The van der Waals surface area contributed by atoms with Crippen molar-refractivity contribution in [3.8, 4) is 11.3 Å². The zero-order valence-corrected chi connectivity index (χ0v) is 13.7. The molecule has 0 aliphatic carbocycles. The third-order valence-corrected chi connectivity index (χ3v) is 3.75. The summed E-state index contributed by atoms with van der Waals surface area (Å²) in [6, 6.07) is 1.91. The Morgan fingerprint density at radius 1 is 1.29 bits per heavy atom. The highest BCUT2D eigenvalue weighted by Crippen LogP contribution is 2.24. The van der Waals surface area contributed by atoms with Crippen LogP contribution >= 0.6 is 12.4 Å². The molecule has 1 aliphatic rings. The van der Waals surface area contributed by atoms with E-state index in [0.717, 1.165) is 42.0 Å². The zero-order chi connectivity index (χ0) is 15.5. The van der Waals surface area contributed by atoms with Gasteiger partial charge < -0.3 is 15.4 Å². The average molecular weight is 348 g/mol. The normalized spacial score (nSPS) is 17.4. The number of aromatic nitrogens is 5. The van der Waals surface area contributed by atoms with E-state index in [2.05, 4.69) is 35.8 Å². The molecule has 1 unspecified atom stereocenters. The Morgan fingerprint density at radius 2 is 2.21 bits per heavy atom. The molecule has 0 amide bonds. The first kappa shape index (κ1) is 16.6. The number of morpholine rings is 1. The molecule has 24 heavy (non-hydrogen) atoms. The van der Waals surface area contributed by atoms with Gasteiger partial charge in [0.05, 0.1) is 30.1 Å². The number of pyridine rings is 1. The van der Waals surface area contributed by atoms with Gasteiger partial charge in [-0.2, -0.15) is 5.10 Å². The summed E-state index contributed by atoms with van der Waals surface area (Å²) in [5.41, 5.74) is 3.26. The summed E-state index contributed by atoms with van der Waals surface area (Å²) in [6.45, 7) is 3.13. The molecule has 126 valence electrons. The van der Waals surface area contributed by atoms with Gasteiger partial charge in [-0.05, 0) is 6.07 Å². The number of halogens is 1. The second kappa shape index (κ2) is 7.52. The molecule has 8 nitrogen and oxygen atoms in total. The van der Waals surface area contributed by atoms with Gasteiger partial charge in [0.1, 0.15) is 5.52 Å². The van der Waals surface area contributed by atoms with Crippen LogP contribution in [0.15, 0.2) is 30.9 Å². The molecule has 3 N–H and O–H groups in total. The number of aromatic amines is 1. The molecule has 1 atom stereocenters. The van der Waals surface area contributed by atoms with Crippen molar-refractivity contribution < 1.29 is 4.74 Å². The largest absolute Gasteiger partial charge is 0.374 e. The number of hydrogen-bond acceptors (Lipinski definition) is 7. The van der Waals surface area contributed by atoms with Crippen LogP contribution in [0.5, 0.6) is 0 Å². The maximum atomic E-state index is 5.71. The molecule has 3 aromatic rings. The summed E-state index contributed by atoms with van der Waals surface area (Å²) in [5, 5.41) is 13.4. The number of nitrogens with one attached hydrogen (secondary N) is 3. The van der Waals surface area contributed by atoms with E-state index in [9.17, 15) is 0 Å². The van der Waals surface area contributed by atoms with Crippen molar-refractivity contribution in [3.63, 3.8) is 0 Å².